The molecule has 3 aromatic rings. The number of methoxy groups -OCH3 is 1. The molecule has 0 unspecified atom stereocenters. The summed E-state index contributed by atoms with van der Waals surface area (Å²) < 4.78 is 46.9. The molecule has 0 aliphatic heterocycles. The normalized spacial score (nSPS) is 20.3. The summed E-state index contributed by atoms with van der Waals surface area (Å²) in [6.45, 7) is 2.62. The van der Waals surface area contributed by atoms with Gasteiger partial charge in [-0.2, -0.15) is 18.3 Å². The largest absolute Gasteiger partial charge is 0.393 e. The van der Waals surface area contributed by atoms with Crippen LogP contribution in [0.3, 0.4) is 0 Å². The van der Waals surface area contributed by atoms with Crippen molar-refractivity contribution in [3.63, 3.8) is 0 Å². The zero-order valence-electron chi connectivity index (χ0n) is 18.7. The van der Waals surface area contributed by atoms with Crippen molar-refractivity contribution >= 4 is 11.5 Å². The van der Waals surface area contributed by atoms with E-state index in [0.29, 0.717) is 26.0 Å². The molecule has 180 valence electrons. The van der Waals surface area contributed by atoms with Crippen LogP contribution >= 0.6 is 0 Å². The Morgan fingerprint density at radius 2 is 2.00 bits per heavy atom. The first-order valence-corrected chi connectivity index (χ1v) is 11.2. The van der Waals surface area contributed by atoms with E-state index in [1.165, 1.54) is 6.92 Å². The maximum Gasteiger partial charge on any atom is 0.391 e. The van der Waals surface area contributed by atoms with Crippen molar-refractivity contribution < 1.29 is 23.0 Å². The fourth-order valence-corrected chi connectivity index (χ4v) is 4.40. The summed E-state index contributed by atoms with van der Waals surface area (Å²) in [7, 11) is 1.64. The fourth-order valence-electron chi connectivity index (χ4n) is 4.40. The van der Waals surface area contributed by atoms with Gasteiger partial charge in [0.15, 0.2) is 0 Å². The number of ether oxygens (including phenoxy) is 1. The van der Waals surface area contributed by atoms with E-state index >= 15 is 0 Å². The van der Waals surface area contributed by atoms with E-state index in [2.05, 4.69) is 26.6 Å². The number of aromatic nitrogens is 5. The first-order chi connectivity index (χ1) is 15.7. The number of hydrogen-bond acceptors (Lipinski definition) is 6. The second-order valence-electron chi connectivity index (χ2n) is 8.72. The van der Waals surface area contributed by atoms with Crippen molar-refractivity contribution in [3.8, 4) is 11.1 Å². The number of hydrogen-bond donors (Lipinski definition) is 2. The van der Waals surface area contributed by atoms with Gasteiger partial charge in [0.05, 0.1) is 43.6 Å². The zero-order valence-corrected chi connectivity index (χ0v) is 18.7. The third-order valence-electron chi connectivity index (χ3n) is 6.04. The van der Waals surface area contributed by atoms with Gasteiger partial charge in [0.25, 0.3) is 0 Å². The van der Waals surface area contributed by atoms with Gasteiger partial charge in [0, 0.05) is 42.1 Å². The maximum absolute atomic E-state index is 12.7. The van der Waals surface area contributed by atoms with Crippen LogP contribution in [0, 0.1) is 0 Å². The highest BCUT2D eigenvalue weighted by atomic mass is 19.4. The van der Waals surface area contributed by atoms with Crippen LogP contribution in [0.5, 0.6) is 0 Å². The first-order valence-electron chi connectivity index (χ1n) is 11.2. The van der Waals surface area contributed by atoms with E-state index in [1.54, 1.807) is 28.7 Å². The SMILES string of the molecule is COCCn1cc(-c2cc([C@H]3CC[C@H](O)CC3)n3nc(N[C@@H](C)CC(F)(F)F)ncc23)cn1. The number of anilines is 1. The molecule has 1 aliphatic rings. The minimum atomic E-state index is -4.27. The standard InChI is InChI=1S/C22H29F3N6O2/c1-14(10-22(23,24)25)28-21-26-12-20-18(16-11-27-30(13-16)7-8-33-2)9-19(31(20)29-21)15-3-5-17(32)6-4-15/h9,11-15,17,32H,3-8,10H2,1-2H3,(H,28,29)/t14-,15-,17-/m0/s1. The Bertz CT molecular complexity index is 1070. The fraction of sp³-hybridized carbons (Fsp3) is 0.591. The quantitative estimate of drug-likeness (QED) is 0.522. The molecule has 0 amide bonds. The Labute approximate surface area is 189 Å². The lowest BCUT2D eigenvalue weighted by Gasteiger charge is -2.25. The number of fused-ring (bicyclic) bond motifs is 1. The summed E-state index contributed by atoms with van der Waals surface area (Å²) in [4.78, 5) is 4.29. The zero-order chi connectivity index (χ0) is 23.6. The number of aliphatic hydroxyl groups excluding tert-OH is 1. The monoisotopic (exact) mass is 466 g/mol. The summed E-state index contributed by atoms with van der Waals surface area (Å²) in [5.74, 6) is 0.336. The summed E-state index contributed by atoms with van der Waals surface area (Å²) in [6.07, 6.45) is 2.86. The second-order valence-corrected chi connectivity index (χ2v) is 8.72. The van der Waals surface area contributed by atoms with Gasteiger partial charge in [-0.25, -0.2) is 9.50 Å². The average Bonchev–Trinajstić information content (AvgIpc) is 3.36. The van der Waals surface area contributed by atoms with Crippen LogP contribution in [0.4, 0.5) is 19.1 Å². The molecule has 11 heteroatoms. The van der Waals surface area contributed by atoms with Gasteiger partial charge >= 0.3 is 6.18 Å². The summed E-state index contributed by atoms with van der Waals surface area (Å²) in [5.41, 5.74) is 3.54. The molecule has 3 heterocycles. The Morgan fingerprint density at radius 1 is 1.24 bits per heavy atom. The maximum atomic E-state index is 12.7. The molecule has 0 spiro atoms. The van der Waals surface area contributed by atoms with Crippen LogP contribution in [0.15, 0.2) is 24.7 Å². The number of rotatable bonds is 8. The molecule has 0 saturated heterocycles. The highest BCUT2D eigenvalue weighted by Crippen LogP contribution is 2.37. The van der Waals surface area contributed by atoms with E-state index in [9.17, 15) is 18.3 Å². The lowest BCUT2D eigenvalue weighted by atomic mass is 9.85. The second kappa shape index (κ2) is 9.68. The van der Waals surface area contributed by atoms with Gasteiger partial charge in [-0.3, -0.25) is 4.68 Å². The van der Waals surface area contributed by atoms with Crippen molar-refractivity contribution in [3.05, 3.63) is 30.4 Å². The molecular formula is C22H29F3N6O2. The molecule has 1 aliphatic carbocycles. The Balaban J connectivity index is 1.69. The lowest BCUT2D eigenvalue weighted by Crippen LogP contribution is -2.25. The van der Waals surface area contributed by atoms with Crippen LogP contribution in [0.2, 0.25) is 0 Å². The lowest BCUT2D eigenvalue weighted by molar-refractivity contribution is -0.136. The Kier molecular flexibility index (Phi) is 6.89. The minimum Gasteiger partial charge on any atom is -0.393 e. The van der Waals surface area contributed by atoms with Crippen LogP contribution < -0.4 is 5.32 Å². The number of halogens is 3. The van der Waals surface area contributed by atoms with Crippen molar-refractivity contribution in [2.75, 3.05) is 19.0 Å². The van der Waals surface area contributed by atoms with E-state index in [0.717, 1.165) is 35.2 Å². The average molecular weight is 467 g/mol. The number of nitrogens with zero attached hydrogens (tertiary/aromatic N) is 5. The van der Waals surface area contributed by atoms with Gasteiger partial charge in [-0.05, 0) is 38.7 Å². The van der Waals surface area contributed by atoms with Crippen molar-refractivity contribution in [1.82, 2.24) is 24.4 Å². The highest BCUT2D eigenvalue weighted by molar-refractivity contribution is 5.81. The van der Waals surface area contributed by atoms with E-state index in [4.69, 9.17) is 4.74 Å². The van der Waals surface area contributed by atoms with Crippen LogP contribution in [0.25, 0.3) is 16.6 Å². The molecule has 0 radical (unpaired) electrons. The van der Waals surface area contributed by atoms with Crippen molar-refractivity contribution in [2.45, 2.75) is 69.8 Å². The van der Waals surface area contributed by atoms with Gasteiger partial charge in [0.2, 0.25) is 5.95 Å². The number of aliphatic hydroxyl groups is 1. The molecule has 4 rings (SSSR count). The minimum absolute atomic E-state index is 0.147. The topological polar surface area (TPSA) is 89.5 Å². The molecule has 2 N–H and O–H groups in total. The van der Waals surface area contributed by atoms with Gasteiger partial charge in [0.1, 0.15) is 0 Å². The van der Waals surface area contributed by atoms with Gasteiger partial charge < -0.3 is 15.2 Å². The summed E-state index contributed by atoms with van der Waals surface area (Å²) in [6, 6.07) is 1.21. The molecule has 8 nitrogen and oxygen atoms in total. The van der Waals surface area contributed by atoms with Crippen molar-refractivity contribution in [1.29, 1.82) is 0 Å². The van der Waals surface area contributed by atoms with Gasteiger partial charge in [-0.15, -0.1) is 5.10 Å². The molecule has 33 heavy (non-hydrogen) atoms. The summed E-state index contributed by atoms with van der Waals surface area (Å²) in [5, 5.41) is 21.6. The predicted molar refractivity (Wildman–Crippen MR) is 117 cm³/mol. The van der Waals surface area contributed by atoms with E-state index < -0.39 is 18.6 Å². The third kappa shape index (κ3) is 5.64. The van der Waals surface area contributed by atoms with Gasteiger partial charge in [-0.1, -0.05) is 0 Å². The number of alkyl halides is 3. The molecule has 0 bridgehead atoms. The highest BCUT2D eigenvalue weighted by Gasteiger charge is 2.30. The molecule has 1 fully saturated rings. The predicted octanol–water partition coefficient (Wildman–Crippen LogP) is 4.01. The van der Waals surface area contributed by atoms with Crippen molar-refractivity contribution in [2.24, 2.45) is 0 Å². The molecule has 1 saturated carbocycles. The van der Waals surface area contributed by atoms with Crippen LogP contribution in [0.1, 0.15) is 50.6 Å². The third-order valence-corrected chi connectivity index (χ3v) is 6.04. The van der Waals surface area contributed by atoms with E-state index in [1.807, 2.05) is 6.20 Å². The number of nitrogens with one attached hydrogen (secondary N) is 1. The Morgan fingerprint density at radius 3 is 2.70 bits per heavy atom. The molecule has 0 aromatic carbocycles. The first kappa shape index (κ1) is 23.5. The van der Waals surface area contributed by atoms with Crippen LogP contribution in [-0.4, -0.2) is 61.5 Å². The molecule has 3 aromatic heterocycles. The summed E-state index contributed by atoms with van der Waals surface area (Å²) >= 11 is 0. The van der Waals surface area contributed by atoms with Crippen LogP contribution in [-0.2, 0) is 11.3 Å². The Hall–Kier alpha value is -2.66. The molecular weight excluding hydrogens is 437 g/mol. The molecule has 1 atom stereocenters. The van der Waals surface area contributed by atoms with E-state index in [-0.39, 0.29) is 18.0 Å². The smallest absolute Gasteiger partial charge is 0.391 e.